The van der Waals surface area contributed by atoms with E-state index in [1.165, 1.54) is 0 Å². The Hall–Kier alpha value is -1.77. The molecule has 1 aliphatic heterocycles. The lowest BCUT2D eigenvalue weighted by molar-refractivity contribution is -0.144. The number of aliphatic carboxylic acids is 1. The number of nitrogens with zero attached hydrogens (tertiary/aromatic N) is 1. The second-order valence-corrected chi connectivity index (χ2v) is 3.51. The number of amides is 2. The van der Waals surface area contributed by atoms with Gasteiger partial charge < -0.3 is 10.0 Å². The summed E-state index contributed by atoms with van der Waals surface area (Å²) >= 11 is 0. The van der Waals surface area contributed by atoms with Crippen molar-refractivity contribution in [2.24, 2.45) is 0 Å². The molecule has 102 valence electrons. The molecule has 0 aliphatic carbocycles. The number of alkyl halides is 3. The van der Waals surface area contributed by atoms with Gasteiger partial charge in [-0.25, -0.2) is 15.1 Å². The molecular weight excluding hydrogens is 257 g/mol. The van der Waals surface area contributed by atoms with Gasteiger partial charge in [0.25, 0.3) is 0 Å². The summed E-state index contributed by atoms with van der Waals surface area (Å²) in [5.41, 5.74) is 1.16. The van der Waals surface area contributed by atoms with Crippen LogP contribution in [0.1, 0.15) is 6.42 Å². The molecule has 1 heterocycles. The maximum Gasteiger partial charge on any atom is 0.412 e. The number of carbonyl (C=O) groups excluding carboxylic acids is 1. The molecule has 0 fully saturated rings. The van der Waals surface area contributed by atoms with Crippen LogP contribution >= 0.6 is 0 Å². The molecule has 6 nitrogen and oxygen atoms in total. The molecular formula is C9H11F3N2O4. The Balaban J connectivity index is 2.40. The van der Waals surface area contributed by atoms with E-state index in [4.69, 9.17) is 5.11 Å². The van der Waals surface area contributed by atoms with Crippen molar-refractivity contribution in [3.05, 3.63) is 11.6 Å². The molecule has 2 amide bonds. The van der Waals surface area contributed by atoms with Crippen LogP contribution in [0.2, 0.25) is 0 Å². The van der Waals surface area contributed by atoms with E-state index in [1.54, 1.807) is 0 Å². The Labute approximate surface area is 100.0 Å². The normalized spacial score (nSPS) is 16.2. The van der Waals surface area contributed by atoms with Gasteiger partial charge in [0.1, 0.15) is 0 Å². The molecule has 0 radical (unpaired) electrons. The van der Waals surface area contributed by atoms with Gasteiger partial charge in [0, 0.05) is 18.7 Å². The van der Waals surface area contributed by atoms with Crippen LogP contribution in [0.25, 0.3) is 0 Å². The highest BCUT2D eigenvalue weighted by atomic mass is 19.4. The molecule has 0 aromatic rings. The quantitative estimate of drug-likeness (QED) is 0.589. The zero-order chi connectivity index (χ0) is 13.8. The molecule has 0 saturated heterocycles. The Morgan fingerprint density at radius 2 is 2.17 bits per heavy atom. The molecule has 18 heavy (non-hydrogen) atoms. The summed E-state index contributed by atoms with van der Waals surface area (Å²) in [6.07, 6.45) is -3.75. The number of halogens is 3. The number of urea groups is 1. The van der Waals surface area contributed by atoms with Crippen LogP contribution in [-0.4, -0.2) is 47.9 Å². The summed E-state index contributed by atoms with van der Waals surface area (Å²) in [5.74, 6) is -1.27. The summed E-state index contributed by atoms with van der Waals surface area (Å²) in [7, 11) is 0. The van der Waals surface area contributed by atoms with Gasteiger partial charge in [0.15, 0.2) is 6.61 Å². The van der Waals surface area contributed by atoms with Crippen LogP contribution < -0.4 is 5.48 Å². The van der Waals surface area contributed by atoms with Crippen molar-refractivity contribution in [3.63, 3.8) is 0 Å². The molecule has 1 rings (SSSR count). The number of hydroxylamine groups is 1. The molecule has 0 bridgehead atoms. The lowest BCUT2D eigenvalue weighted by Gasteiger charge is -2.26. The van der Waals surface area contributed by atoms with Crippen molar-refractivity contribution in [2.45, 2.75) is 12.6 Å². The fourth-order valence-corrected chi connectivity index (χ4v) is 1.34. The number of carbonyl (C=O) groups is 2. The number of hydrogen-bond acceptors (Lipinski definition) is 3. The third-order valence-electron chi connectivity index (χ3n) is 2.22. The standard InChI is InChI=1S/C9H11F3N2O4/c10-9(11,12)6-1-3-14(4-2-6)8(17)13-18-5-7(15)16/h1H,2-5H2,(H,13,17)(H,15,16). The van der Waals surface area contributed by atoms with Crippen molar-refractivity contribution in [1.29, 1.82) is 0 Å². The van der Waals surface area contributed by atoms with Crippen LogP contribution in [0.15, 0.2) is 11.6 Å². The molecule has 0 atom stereocenters. The second kappa shape index (κ2) is 5.71. The summed E-state index contributed by atoms with van der Waals surface area (Å²) in [6, 6.07) is -0.770. The molecule has 0 aromatic heterocycles. The predicted octanol–water partition coefficient (Wildman–Crippen LogP) is 0.907. The molecule has 2 N–H and O–H groups in total. The first-order valence-electron chi connectivity index (χ1n) is 4.95. The van der Waals surface area contributed by atoms with E-state index in [-0.39, 0.29) is 19.5 Å². The van der Waals surface area contributed by atoms with E-state index in [2.05, 4.69) is 4.84 Å². The second-order valence-electron chi connectivity index (χ2n) is 3.51. The van der Waals surface area contributed by atoms with E-state index in [1.807, 2.05) is 5.48 Å². The first kappa shape index (κ1) is 14.3. The summed E-state index contributed by atoms with van der Waals surface area (Å²) in [5, 5.41) is 8.24. The van der Waals surface area contributed by atoms with E-state index >= 15 is 0 Å². The summed E-state index contributed by atoms with van der Waals surface area (Å²) < 4.78 is 36.9. The minimum atomic E-state index is -4.37. The summed E-state index contributed by atoms with van der Waals surface area (Å²) in [6.45, 7) is -1.02. The minimum absolute atomic E-state index is 0.104. The Morgan fingerprint density at radius 1 is 1.50 bits per heavy atom. The number of carboxylic acids is 1. The number of carboxylic acid groups (broad SMARTS) is 1. The summed E-state index contributed by atoms with van der Waals surface area (Å²) in [4.78, 5) is 26.8. The topological polar surface area (TPSA) is 78.9 Å². The highest BCUT2D eigenvalue weighted by Gasteiger charge is 2.35. The minimum Gasteiger partial charge on any atom is -0.479 e. The van der Waals surface area contributed by atoms with Crippen LogP contribution in [0, 0.1) is 0 Å². The van der Waals surface area contributed by atoms with Crippen molar-refractivity contribution >= 4 is 12.0 Å². The smallest absolute Gasteiger partial charge is 0.412 e. The average Bonchev–Trinajstić information content (AvgIpc) is 2.27. The average molecular weight is 268 g/mol. The Morgan fingerprint density at radius 3 is 2.61 bits per heavy atom. The molecule has 0 spiro atoms. The van der Waals surface area contributed by atoms with E-state index in [0.717, 1.165) is 11.0 Å². The van der Waals surface area contributed by atoms with Crippen molar-refractivity contribution in [1.82, 2.24) is 10.4 Å². The van der Waals surface area contributed by atoms with Crippen LogP contribution in [0.5, 0.6) is 0 Å². The molecule has 1 aliphatic rings. The Bertz CT molecular complexity index is 367. The van der Waals surface area contributed by atoms with Crippen LogP contribution in [0.4, 0.5) is 18.0 Å². The van der Waals surface area contributed by atoms with Crippen molar-refractivity contribution < 1.29 is 32.7 Å². The van der Waals surface area contributed by atoms with E-state index < -0.39 is 30.4 Å². The van der Waals surface area contributed by atoms with Gasteiger partial charge in [-0.2, -0.15) is 13.2 Å². The predicted molar refractivity (Wildman–Crippen MR) is 52.4 cm³/mol. The van der Waals surface area contributed by atoms with Gasteiger partial charge >= 0.3 is 18.2 Å². The lowest BCUT2D eigenvalue weighted by Crippen LogP contribution is -2.43. The molecule has 0 unspecified atom stereocenters. The zero-order valence-corrected chi connectivity index (χ0v) is 9.16. The fourth-order valence-electron chi connectivity index (χ4n) is 1.34. The SMILES string of the molecule is O=C(O)CONC(=O)N1CC=C(C(F)(F)F)CC1. The first-order chi connectivity index (χ1) is 8.30. The largest absolute Gasteiger partial charge is 0.479 e. The van der Waals surface area contributed by atoms with Gasteiger partial charge in [0.2, 0.25) is 0 Å². The highest BCUT2D eigenvalue weighted by Crippen LogP contribution is 2.29. The Kier molecular flexibility index (Phi) is 4.54. The van der Waals surface area contributed by atoms with Gasteiger partial charge in [-0.1, -0.05) is 6.08 Å². The molecule has 0 aromatic carbocycles. The zero-order valence-electron chi connectivity index (χ0n) is 9.16. The maximum atomic E-state index is 12.3. The lowest BCUT2D eigenvalue weighted by atomic mass is 10.1. The third-order valence-corrected chi connectivity index (χ3v) is 2.22. The molecule has 9 heteroatoms. The van der Waals surface area contributed by atoms with Crippen LogP contribution in [0.3, 0.4) is 0 Å². The highest BCUT2D eigenvalue weighted by molar-refractivity contribution is 5.74. The van der Waals surface area contributed by atoms with Gasteiger partial charge in [-0.3, -0.25) is 4.84 Å². The molecule has 0 saturated carbocycles. The number of rotatable bonds is 3. The van der Waals surface area contributed by atoms with Gasteiger partial charge in [-0.05, 0) is 6.42 Å². The van der Waals surface area contributed by atoms with Crippen LogP contribution in [-0.2, 0) is 9.63 Å². The number of nitrogens with one attached hydrogen (secondary N) is 1. The van der Waals surface area contributed by atoms with Crippen molar-refractivity contribution in [3.8, 4) is 0 Å². The van der Waals surface area contributed by atoms with Gasteiger partial charge in [0.05, 0.1) is 0 Å². The third kappa shape index (κ3) is 4.24. The fraction of sp³-hybridized carbons (Fsp3) is 0.556. The van der Waals surface area contributed by atoms with E-state index in [0.29, 0.717) is 0 Å². The maximum absolute atomic E-state index is 12.3. The monoisotopic (exact) mass is 268 g/mol. The van der Waals surface area contributed by atoms with Gasteiger partial charge in [-0.15, -0.1) is 0 Å². The van der Waals surface area contributed by atoms with Crippen molar-refractivity contribution in [2.75, 3.05) is 19.7 Å². The van der Waals surface area contributed by atoms with E-state index in [9.17, 15) is 22.8 Å². The first-order valence-corrected chi connectivity index (χ1v) is 4.95. The number of hydrogen-bond donors (Lipinski definition) is 2.